The summed E-state index contributed by atoms with van der Waals surface area (Å²) >= 11 is 5.48. The first-order valence-electron chi connectivity index (χ1n) is 13.2. The lowest BCUT2D eigenvalue weighted by Gasteiger charge is -2.14. The number of aromatic nitrogens is 3. The molecule has 0 fully saturated rings. The summed E-state index contributed by atoms with van der Waals surface area (Å²) in [5.41, 5.74) is 5.58. The Bertz CT molecular complexity index is 1490. The minimum Gasteiger partial charge on any atom is -0.406 e. The van der Waals surface area contributed by atoms with Crippen molar-refractivity contribution in [2.75, 3.05) is 6.54 Å². The minimum absolute atomic E-state index is 0.302. The van der Waals surface area contributed by atoms with Crippen LogP contribution in [0.2, 0.25) is 0 Å². The molecule has 0 atom stereocenters. The van der Waals surface area contributed by atoms with E-state index in [4.69, 9.17) is 12.2 Å². The van der Waals surface area contributed by atoms with E-state index in [1.165, 1.54) is 35.3 Å². The highest BCUT2D eigenvalue weighted by Gasteiger charge is 2.31. The van der Waals surface area contributed by atoms with Crippen molar-refractivity contribution in [2.24, 2.45) is 0 Å². The molecule has 0 saturated heterocycles. The van der Waals surface area contributed by atoms with Crippen LogP contribution < -0.4 is 15.4 Å². The molecule has 0 aliphatic rings. The number of unbranched alkanes of at least 4 members (excludes halogenated alkanes) is 1. The quantitative estimate of drug-likeness (QED) is 0.161. The van der Waals surface area contributed by atoms with Gasteiger partial charge in [0.15, 0.2) is 5.82 Å². The SMILES string of the molecule is CCc1cccc(C)c1C(=S)NC(=O)NCCCCc1ccc(-c2ncn(-c3ccc(OC(F)(F)F)cc3)n2)cc1. The fourth-order valence-electron chi connectivity index (χ4n) is 4.35. The van der Waals surface area contributed by atoms with Gasteiger partial charge in [-0.15, -0.1) is 18.3 Å². The van der Waals surface area contributed by atoms with Gasteiger partial charge in [-0.05, 0) is 73.6 Å². The molecule has 0 unspecified atom stereocenters. The maximum Gasteiger partial charge on any atom is 0.573 e. The third-order valence-corrected chi connectivity index (χ3v) is 6.72. The molecule has 0 bridgehead atoms. The number of benzene rings is 3. The van der Waals surface area contributed by atoms with Crippen LogP contribution in [0.1, 0.15) is 42.0 Å². The number of thiocarbonyl (C=S) groups is 1. The van der Waals surface area contributed by atoms with Gasteiger partial charge in [0, 0.05) is 17.7 Å². The molecule has 41 heavy (non-hydrogen) atoms. The summed E-state index contributed by atoms with van der Waals surface area (Å²) in [6.07, 6.45) is 0.148. The van der Waals surface area contributed by atoms with E-state index in [0.717, 1.165) is 53.5 Å². The Hall–Kier alpha value is -4.25. The van der Waals surface area contributed by atoms with Gasteiger partial charge >= 0.3 is 12.4 Å². The molecular weight excluding hydrogens is 551 g/mol. The van der Waals surface area contributed by atoms with Crippen molar-refractivity contribution in [2.45, 2.75) is 45.9 Å². The average molecular weight is 582 g/mol. The Morgan fingerprint density at radius 1 is 1.02 bits per heavy atom. The second-order valence-corrected chi connectivity index (χ2v) is 9.79. The lowest BCUT2D eigenvalue weighted by molar-refractivity contribution is -0.274. The van der Waals surface area contributed by atoms with Gasteiger partial charge in [0.05, 0.1) is 5.69 Å². The van der Waals surface area contributed by atoms with Crippen LogP contribution in [0.25, 0.3) is 17.1 Å². The maximum absolute atomic E-state index is 12.4. The number of rotatable bonds is 10. The van der Waals surface area contributed by atoms with Gasteiger partial charge in [-0.1, -0.05) is 61.6 Å². The molecular formula is C30H30F3N5O2S. The molecule has 3 aromatic carbocycles. The number of ether oxygens (including phenoxy) is 1. The lowest BCUT2D eigenvalue weighted by atomic mass is 10.00. The lowest BCUT2D eigenvalue weighted by Crippen LogP contribution is -2.40. The van der Waals surface area contributed by atoms with E-state index in [0.29, 0.717) is 23.0 Å². The van der Waals surface area contributed by atoms with Gasteiger partial charge < -0.3 is 10.1 Å². The molecule has 0 spiro atoms. The third-order valence-electron chi connectivity index (χ3n) is 6.41. The number of hydrogen-bond donors (Lipinski definition) is 2. The van der Waals surface area contributed by atoms with Crippen LogP contribution in [0.5, 0.6) is 5.75 Å². The zero-order valence-electron chi connectivity index (χ0n) is 22.7. The second kappa shape index (κ2) is 13.4. The number of urea groups is 1. The van der Waals surface area contributed by atoms with Crippen LogP contribution in [0.3, 0.4) is 0 Å². The standard InChI is InChI=1S/C30H30F3N5O2S/c1-3-22-9-6-7-20(2)26(22)28(41)36-29(39)34-18-5-4-8-21-10-12-23(13-11-21)27-35-19-38(37-27)24-14-16-25(17-15-24)40-30(31,32)33/h6-7,9-17,19H,3-5,8,18H2,1-2H3,(H2,34,36,39,41). The summed E-state index contributed by atoms with van der Waals surface area (Å²) in [4.78, 5) is 17.1. The first-order chi connectivity index (χ1) is 19.6. The fraction of sp³-hybridized carbons (Fsp3) is 0.267. The Labute approximate surface area is 241 Å². The highest BCUT2D eigenvalue weighted by Crippen LogP contribution is 2.24. The normalized spacial score (nSPS) is 11.2. The smallest absolute Gasteiger partial charge is 0.406 e. The molecule has 1 aromatic heterocycles. The van der Waals surface area contributed by atoms with Crippen LogP contribution in [0, 0.1) is 6.92 Å². The Morgan fingerprint density at radius 3 is 2.44 bits per heavy atom. The van der Waals surface area contributed by atoms with Gasteiger partial charge in [-0.25, -0.2) is 14.5 Å². The van der Waals surface area contributed by atoms with Crippen molar-refractivity contribution < 1.29 is 22.7 Å². The van der Waals surface area contributed by atoms with Crippen LogP contribution >= 0.6 is 12.2 Å². The maximum atomic E-state index is 12.4. The van der Waals surface area contributed by atoms with E-state index in [2.05, 4.69) is 32.4 Å². The monoisotopic (exact) mass is 581 g/mol. The Balaban J connectivity index is 1.21. The van der Waals surface area contributed by atoms with Gasteiger partial charge in [-0.3, -0.25) is 5.32 Å². The number of aryl methyl sites for hydroxylation is 3. The summed E-state index contributed by atoms with van der Waals surface area (Å²) in [6.45, 7) is 4.58. The van der Waals surface area contributed by atoms with Crippen LogP contribution in [-0.4, -0.2) is 38.7 Å². The zero-order chi connectivity index (χ0) is 29.4. The molecule has 0 radical (unpaired) electrons. The van der Waals surface area contributed by atoms with Crippen LogP contribution in [0.4, 0.5) is 18.0 Å². The number of amides is 2. The molecule has 1 heterocycles. The van der Waals surface area contributed by atoms with Crippen molar-refractivity contribution in [1.29, 1.82) is 0 Å². The number of carbonyl (C=O) groups is 1. The number of nitrogens with zero attached hydrogens (tertiary/aromatic N) is 3. The van der Waals surface area contributed by atoms with Gasteiger partial charge in [0.25, 0.3) is 0 Å². The number of nitrogens with one attached hydrogen (secondary N) is 2. The van der Waals surface area contributed by atoms with Crippen molar-refractivity contribution in [3.05, 3.63) is 95.3 Å². The van der Waals surface area contributed by atoms with Crippen LogP contribution in [0.15, 0.2) is 73.1 Å². The number of halogens is 3. The molecule has 4 aromatic rings. The number of alkyl halides is 3. The Kier molecular flexibility index (Phi) is 9.72. The van der Waals surface area contributed by atoms with Gasteiger partial charge in [0.2, 0.25) is 0 Å². The molecule has 2 amide bonds. The average Bonchev–Trinajstić information content (AvgIpc) is 3.43. The van der Waals surface area contributed by atoms with Crippen LogP contribution in [-0.2, 0) is 12.8 Å². The Morgan fingerprint density at radius 2 is 1.76 bits per heavy atom. The highest BCUT2D eigenvalue weighted by molar-refractivity contribution is 7.80. The fourth-order valence-corrected chi connectivity index (χ4v) is 4.74. The van der Waals surface area contributed by atoms with E-state index in [-0.39, 0.29) is 11.8 Å². The summed E-state index contributed by atoms with van der Waals surface area (Å²) in [6, 6.07) is 19.0. The van der Waals surface area contributed by atoms with Crippen molar-refractivity contribution in [3.63, 3.8) is 0 Å². The molecule has 0 saturated carbocycles. The predicted octanol–water partition coefficient (Wildman–Crippen LogP) is 6.70. The molecule has 2 N–H and O–H groups in total. The summed E-state index contributed by atoms with van der Waals surface area (Å²) in [5.74, 6) is 0.195. The van der Waals surface area contributed by atoms with Gasteiger partial charge in [-0.2, -0.15) is 0 Å². The second-order valence-electron chi connectivity index (χ2n) is 9.38. The largest absolute Gasteiger partial charge is 0.573 e. The molecule has 7 nitrogen and oxygen atoms in total. The molecule has 11 heteroatoms. The topological polar surface area (TPSA) is 81.1 Å². The van der Waals surface area contributed by atoms with Crippen molar-refractivity contribution >= 4 is 23.2 Å². The van der Waals surface area contributed by atoms with Gasteiger partial charge in [0.1, 0.15) is 17.1 Å². The van der Waals surface area contributed by atoms with E-state index >= 15 is 0 Å². The van der Waals surface area contributed by atoms with E-state index in [9.17, 15) is 18.0 Å². The summed E-state index contributed by atoms with van der Waals surface area (Å²) in [7, 11) is 0. The predicted molar refractivity (Wildman–Crippen MR) is 155 cm³/mol. The minimum atomic E-state index is -4.74. The van der Waals surface area contributed by atoms with E-state index in [1.54, 1.807) is 0 Å². The zero-order valence-corrected chi connectivity index (χ0v) is 23.5. The molecule has 4 rings (SSSR count). The summed E-state index contributed by atoms with van der Waals surface area (Å²) < 4.78 is 42.5. The first kappa shape index (κ1) is 29.7. The van der Waals surface area contributed by atoms with E-state index < -0.39 is 6.36 Å². The molecule has 0 aliphatic carbocycles. The summed E-state index contributed by atoms with van der Waals surface area (Å²) in [5, 5.41) is 10.1. The third kappa shape index (κ3) is 8.37. The van der Waals surface area contributed by atoms with Crippen molar-refractivity contribution in [1.82, 2.24) is 25.4 Å². The van der Waals surface area contributed by atoms with Crippen molar-refractivity contribution in [3.8, 4) is 22.8 Å². The first-order valence-corrected chi connectivity index (χ1v) is 13.6. The molecule has 214 valence electrons. The highest BCUT2D eigenvalue weighted by atomic mass is 32.1. The molecule has 0 aliphatic heterocycles. The van der Waals surface area contributed by atoms with E-state index in [1.807, 2.05) is 49.4 Å². The number of carbonyl (C=O) groups excluding carboxylic acids is 1. The number of hydrogen-bond acceptors (Lipinski definition) is 5.